The normalized spacial score (nSPS) is 13.9. The highest BCUT2D eigenvalue weighted by Crippen LogP contribution is 2.16. The summed E-state index contributed by atoms with van der Waals surface area (Å²) in [5.74, 6) is -0.546. The van der Waals surface area contributed by atoms with E-state index in [-0.39, 0.29) is 24.9 Å². The number of nitrogens with one attached hydrogen (secondary N) is 1. The number of carbonyl (C=O) groups is 2. The van der Waals surface area contributed by atoms with Crippen LogP contribution in [0, 0.1) is 0 Å². The molecule has 0 aliphatic rings. The Morgan fingerprint density at radius 1 is 0.556 bits per heavy atom. The van der Waals surface area contributed by atoms with E-state index in [4.69, 9.17) is 4.74 Å². The summed E-state index contributed by atoms with van der Waals surface area (Å²) in [4.78, 5) is 25.9. The largest absolute Gasteiger partial charge is 0.462 e. The van der Waals surface area contributed by atoms with Gasteiger partial charge < -0.3 is 20.3 Å². The van der Waals surface area contributed by atoms with E-state index in [2.05, 4.69) is 86.8 Å². The maximum atomic E-state index is 13.1. The number of allylic oxidation sites excluding steroid dienone is 10. The topological polar surface area (TPSA) is 95.9 Å². The highest BCUT2D eigenvalue weighted by atomic mass is 16.5. The molecule has 0 aromatic heterocycles. The highest BCUT2D eigenvalue weighted by Gasteiger charge is 2.24. The second kappa shape index (κ2) is 41.7. The molecule has 0 aromatic carbocycles. The first-order valence-electron chi connectivity index (χ1n) is 22.5. The minimum atomic E-state index is -0.802. The molecule has 0 saturated carbocycles. The fraction of sp³-hybridized carbons (Fsp3) is 0.750. The molecular formula is C48H85NO5. The molecule has 0 aromatic rings. The van der Waals surface area contributed by atoms with Crippen molar-refractivity contribution in [2.24, 2.45) is 0 Å². The number of esters is 1. The Bertz CT molecular complexity index is 984. The lowest BCUT2D eigenvalue weighted by molar-refractivity contribution is -0.151. The van der Waals surface area contributed by atoms with Gasteiger partial charge in [0.05, 0.1) is 25.2 Å². The molecule has 3 atom stereocenters. The van der Waals surface area contributed by atoms with Crippen molar-refractivity contribution in [1.29, 1.82) is 0 Å². The van der Waals surface area contributed by atoms with Crippen LogP contribution in [0.5, 0.6) is 0 Å². The minimum Gasteiger partial charge on any atom is -0.462 e. The van der Waals surface area contributed by atoms with Crippen molar-refractivity contribution in [3.63, 3.8) is 0 Å². The number of hydrogen-bond acceptors (Lipinski definition) is 5. The summed E-state index contributed by atoms with van der Waals surface area (Å²) in [5.41, 5.74) is 0. The van der Waals surface area contributed by atoms with Gasteiger partial charge in [0.25, 0.3) is 0 Å². The molecule has 0 rings (SSSR count). The second-order valence-electron chi connectivity index (χ2n) is 15.1. The second-order valence-corrected chi connectivity index (χ2v) is 15.1. The Hall–Kier alpha value is -2.44. The number of carbonyl (C=O) groups excluding carboxylic acids is 2. The molecule has 0 radical (unpaired) electrons. The summed E-state index contributed by atoms with van der Waals surface area (Å²) in [6.45, 7) is 6.26. The molecule has 1 amide bonds. The molecule has 0 saturated heterocycles. The van der Waals surface area contributed by atoms with Crippen LogP contribution in [0.2, 0.25) is 0 Å². The van der Waals surface area contributed by atoms with Gasteiger partial charge in [0, 0.05) is 6.42 Å². The third-order valence-electron chi connectivity index (χ3n) is 9.81. The van der Waals surface area contributed by atoms with E-state index in [1.54, 1.807) is 0 Å². The van der Waals surface area contributed by atoms with Gasteiger partial charge in [-0.05, 0) is 77.0 Å². The highest BCUT2D eigenvalue weighted by molar-refractivity contribution is 5.77. The average molecular weight is 756 g/mol. The van der Waals surface area contributed by atoms with Crippen molar-refractivity contribution in [3.05, 3.63) is 60.8 Å². The third-order valence-corrected chi connectivity index (χ3v) is 9.81. The number of aliphatic hydroxyl groups excluding tert-OH is 2. The zero-order chi connectivity index (χ0) is 39.6. The van der Waals surface area contributed by atoms with Gasteiger partial charge in [0.15, 0.2) is 0 Å². The number of amides is 1. The lowest BCUT2D eigenvalue weighted by Crippen LogP contribution is -2.46. The molecule has 0 heterocycles. The van der Waals surface area contributed by atoms with E-state index < -0.39 is 18.2 Å². The molecule has 0 aliphatic heterocycles. The van der Waals surface area contributed by atoms with Crippen molar-refractivity contribution in [1.82, 2.24) is 5.32 Å². The van der Waals surface area contributed by atoms with E-state index in [0.717, 1.165) is 89.9 Å². The van der Waals surface area contributed by atoms with Crippen LogP contribution in [-0.4, -0.2) is 46.9 Å². The summed E-state index contributed by atoms with van der Waals surface area (Å²) in [6, 6.07) is -0.719. The molecule has 0 spiro atoms. The number of aliphatic hydroxyl groups is 2. The van der Waals surface area contributed by atoms with Crippen molar-refractivity contribution in [2.45, 2.75) is 225 Å². The minimum absolute atomic E-state index is 0.0349. The van der Waals surface area contributed by atoms with Crippen LogP contribution in [0.3, 0.4) is 0 Å². The molecule has 0 fully saturated rings. The first kappa shape index (κ1) is 51.6. The van der Waals surface area contributed by atoms with Gasteiger partial charge in [0.2, 0.25) is 5.91 Å². The Morgan fingerprint density at radius 3 is 1.65 bits per heavy atom. The first-order chi connectivity index (χ1) is 26.5. The van der Waals surface area contributed by atoms with Gasteiger partial charge in [-0.2, -0.15) is 0 Å². The predicted molar refractivity (Wildman–Crippen MR) is 232 cm³/mol. The van der Waals surface area contributed by atoms with Crippen LogP contribution in [0.15, 0.2) is 60.8 Å². The summed E-state index contributed by atoms with van der Waals surface area (Å²) in [5, 5.41) is 23.6. The van der Waals surface area contributed by atoms with Crippen LogP contribution in [0.1, 0.15) is 207 Å². The zero-order valence-corrected chi connectivity index (χ0v) is 35.3. The van der Waals surface area contributed by atoms with Gasteiger partial charge in [-0.15, -0.1) is 0 Å². The van der Waals surface area contributed by atoms with Crippen LogP contribution in [0.25, 0.3) is 0 Å². The third kappa shape index (κ3) is 36.5. The SMILES string of the molecule is CC/C=C/C/C=C/C/C=C/C/C=C/CCCC(CC(=O)NC(CO)C(O)CCCCCCCCCCCCC)OC(=O)CCCCCCC/C=C\CCC. The molecule has 3 N–H and O–H groups in total. The zero-order valence-electron chi connectivity index (χ0n) is 35.3. The van der Waals surface area contributed by atoms with Gasteiger partial charge in [-0.25, -0.2) is 0 Å². The van der Waals surface area contributed by atoms with Gasteiger partial charge in [-0.1, -0.05) is 178 Å². The van der Waals surface area contributed by atoms with Crippen LogP contribution < -0.4 is 5.32 Å². The van der Waals surface area contributed by atoms with E-state index in [9.17, 15) is 19.8 Å². The van der Waals surface area contributed by atoms with Crippen molar-refractivity contribution < 1.29 is 24.5 Å². The summed E-state index contributed by atoms with van der Waals surface area (Å²) < 4.78 is 5.86. The molecule has 3 unspecified atom stereocenters. The van der Waals surface area contributed by atoms with Crippen LogP contribution in [-0.2, 0) is 14.3 Å². The molecule has 6 heteroatoms. The van der Waals surface area contributed by atoms with E-state index in [1.807, 2.05) is 0 Å². The van der Waals surface area contributed by atoms with Gasteiger partial charge in [-0.3, -0.25) is 9.59 Å². The quantitative estimate of drug-likeness (QED) is 0.0330. The monoisotopic (exact) mass is 756 g/mol. The molecule has 312 valence electrons. The van der Waals surface area contributed by atoms with Crippen molar-refractivity contribution in [3.8, 4) is 0 Å². The van der Waals surface area contributed by atoms with Crippen LogP contribution >= 0.6 is 0 Å². The van der Waals surface area contributed by atoms with Crippen LogP contribution in [0.4, 0.5) is 0 Å². The molecular weight excluding hydrogens is 671 g/mol. The van der Waals surface area contributed by atoms with Crippen molar-refractivity contribution >= 4 is 11.9 Å². The Kier molecular flexibility index (Phi) is 39.8. The maximum absolute atomic E-state index is 13.1. The fourth-order valence-corrected chi connectivity index (χ4v) is 6.43. The predicted octanol–water partition coefficient (Wildman–Crippen LogP) is 12.9. The number of unbranched alkanes of at least 4 members (excludes halogenated alkanes) is 17. The summed E-state index contributed by atoms with van der Waals surface area (Å²) >= 11 is 0. The van der Waals surface area contributed by atoms with E-state index in [1.165, 1.54) is 70.6 Å². The van der Waals surface area contributed by atoms with E-state index in [0.29, 0.717) is 19.3 Å². The molecule has 0 aliphatic carbocycles. The van der Waals surface area contributed by atoms with Gasteiger partial charge in [0.1, 0.15) is 6.10 Å². The first-order valence-corrected chi connectivity index (χ1v) is 22.5. The smallest absolute Gasteiger partial charge is 0.306 e. The Balaban J connectivity index is 4.72. The fourth-order valence-electron chi connectivity index (χ4n) is 6.43. The van der Waals surface area contributed by atoms with Gasteiger partial charge >= 0.3 is 5.97 Å². The molecule has 54 heavy (non-hydrogen) atoms. The number of hydrogen-bond donors (Lipinski definition) is 3. The maximum Gasteiger partial charge on any atom is 0.306 e. The Labute approximate surface area is 333 Å². The van der Waals surface area contributed by atoms with E-state index >= 15 is 0 Å². The molecule has 6 nitrogen and oxygen atoms in total. The Morgan fingerprint density at radius 2 is 1.06 bits per heavy atom. The molecule has 0 bridgehead atoms. The number of rotatable bonds is 39. The summed E-state index contributed by atoms with van der Waals surface area (Å²) in [6.07, 6.45) is 50.0. The average Bonchev–Trinajstić information content (AvgIpc) is 3.16. The number of ether oxygens (including phenoxy) is 1. The summed E-state index contributed by atoms with van der Waals surface area (Å²) in [7, 11) is 0. The van der Waals surface area contributed by atoms with Crippen molar-refractivity contribution in [2.75, 3.05) is 6.61 Å². The lowest BCUT2D eigenvalue weighted by Gasteiger charge is -2.24. The standard InChI is InChI=1S/C48H85NO5/c1-4-7-10-13-16-19-22-23-24-26-27-30-33-36-39-44(54-48(53)41-38-35-32-29-21-18-15-12-9-6-3)42-47(52)49-45(43-50)46(51)40-37-34-31-28-25-20-17-14-11-8-5-2/h7,10,12,15-16,19,23-24,27,30,44-46,50-51H,4-6,8-9,11,13-14,17-18,20-22,25-26,28-29,31-43H2,1-3H3,(H,49,52)/b10-7+,15-12-,19-16+,24-23+,30-27+. The lowest BCUT2D eigenvalue weighted by atomic mass is 10.0.